The molecule has 1 amide bonds. The second-order valence-electron chi connectivity index (χ2n) is 6.82. The number of aromatic nitrogens is 3. The van der Waals surface area contributed by atoms with Crippen molar-refractivity contribution in [1.29, 1.82) is 0 Å². The first-order valence-corrected chi connectivity index (χ1v) is 8.99. The molecule has 134 valence electrons. The molecule has 1 N–H and O–H groups in total. The number of fused-ring (bicyclic) bond motifs is 1. The normalized spacial score (nSPS) is 15.9. The molecule has 2 aromatic heterocycles. The Labute approximate surface area is 147 Å². The van der Waals surface area contributed by atoms with Gasteiger partial charge >= 0.3 is 0 Å². The maximum Gasteiger partial charge on any atom is 0.277 e. The maximum atomic E-state index is 12.7. The molecule has 6 heteroatoms. The third-order valence-electron chi connectivity index (χ3n) is 5.03. The first kappa shape index (κ1) is 17.5. The van der Waals surface area contributed by atoms with Crippen LogP contribution in [-0.2, 0) is 11.8 Å². The summed E-state index contributed by atoms with van der Waals surface area (Å²) in [5, 5.41) is 8.09. The number of carbonyl (C=O) groups is 1. The van der Waals surface area contributed by atoms with E-state index in [1.54, 1.807) is 24.9 Å². The molecule has 0 saturated heterocycles. The number of aryl methyl sites for hydroxylation is 2. The minimum absolute atomic E-state index is 0.128. The van der Waals surface area contributed by atoms with Crippen LogP contribution >= 0.6 is 0 Å². The van der Waals surface area contributed by atoms with Gasteiger partial charge in [-0.25, -0.2) is 0 Å². The summed E-state index contributed by atoms with van der Waals surface area (Å²) in [4.78, 5) is 25.2. The van der Waals surface area contributed by atoms with Crippen molar-refractivity contribution in [2.45, 2.75) is 52.0 Å². The summed E-state index contributed by atoms with van der Waals surface area (Å²) in [5.41, 5.74) is 2.60. The average Bonchev–Trinajstić information content (AvgIpc) is 2.90. The Hall–Kier alpha value is -2.37. The molecule has 1 atom stereocenters. The van der Waals surface area contributed by atoms with Gasteiger partial charge in [-0.3, -0.25) is 14.3 Å². The van der Waals surface area contributed by atoms with Crippen molar-refractivity contribution in [2.75, 3.05) is 6.54 Å². The van der Waals surface area contributed by atoms with E-state index in [0.29, 0.717) is 12.1 Å². The van der Waals surface area contributed by atoms with Gasteiger partial charge in [0.1, 0.15) is 11.6 Å². The highest BCUT2D eigenvalue weighted by Gasteiger charge is 2.19. The zero-order valence-electron chi connectivity index (χ0n) is 15.2. The van der Waals surface area contributed by atoms with Crippen LogP contribution in [0.4, 0.5) is 0 Å². The van der Waals surface area contributed by atoms with Crippen molar-refractivity contribution in [3.8, 4) is 0 Å². The van der Waals surface area contributed by atoms with Crippen molar-refractivity contribution in [2.24, 2.45) is 7.05 Å². The molecule has 0 fully saturated rings. The van der Waals surface area contributed by atoms with Gasteiger partial charge in [0.15, 0.2) is 0 Å². The molecule has 0 spiro atoms. The van der Waals surface area contributed by atoms with Gasteiger partial charge in [0, 0.05) is 25.2 Å². The van der Waals surface area contributed by atoms with E-state index in [1.165, 1.54) is 23.0 Å². The third-order valence-corrected chi connectivity index (χ3v) is 5.03. The maximum absolute atomic E-state index is 12.7. The molecule has 2 heterocycles. The predicted molar refractivity (Wildman–Crippen MR) is 98.6 cm³/mol. The summed E-state index contributed by atoms with van der Waals surface area (Å²) in [7, 11) is 1.75. The van der Waals surface area contributed by atoms with Crippen LogP contribution in [0, 0.1) is 6.92 Å². The van der Waals surface area contributed by atoms with E-state index in [1.807, 2.05) is 13.0 Å². The standard InChI is InChI=1S/C19H26N4O2/c1-13-16-10-12-23(19(25)17(16)22(3)21-13)14(2)18(24)20-11-9-15-7-5-4-6-8-15/h7,10,12,14H,4-6,8-9,11H2,1-3H3,(H,20,24)/t14-/m0/s1. The van der Waals surface area contributed by atoms with E-state index in [2.05, 4.69) is 16.5 Å². The molecular formula is C19H26N4O2. The third kappa shape index (κ3) is 3.52. The van der Waals surface area contributed by atoms with Gasteiger partial charge in [0.25, 0.3) is 5.56 Å². The molecule has 0 aliphatic heterocycles. The van der Waals surface area contributed by atoms with Gasteiger partial charge in [-0.1, -0.05) is 11.6 Å². The minimum atomic E-state index is -0.549. The van der Waals surface area contributed by atoms with Gasteiger partial charge in [-0.05, 0) is 52.0 Å². The van der Waals surface area contributed by atoms with Crippen LogP contribution in [0.25, 0.3) is 10.9 Å². The molecule has 1 aliphatic rings. The SMILES string of the molecule is Cc1nn(C)c2c(=O)n([C@@H](C)C(=O)NCCC3=CCCCC3)ccc12. The average molecular weight is 342 g/mol. The van der Waals surface area contributed by atoms with Gasteiger partial charge in [-0.2, -0.15) is 5.10 Å². The minimum Gasteiger partial charge on any atom is -0.354 e. The van der Waals surface area contributed by atoms with Gasteiger partial charge in [-0.15, -0.1) is 0 Å². The second-order valence-corrected chi connectivity index (χ2v) is 6.82. The van der Waals surface area contributed by atoms with Crippen LogP contribution in [0.5, 0.6) is 0 Å². The van der Waals surface area contributed by atoms with Crippen LogP contribution in [0.1, 0.15) is 50.8 Å². The number of carbonyl (C=O) groups excluding carboxylic acids is 1. The van der Waals surface area contributed by atoms with Crippen molar-refractivity contribution < 1.29 is 4.79 Å². The number of nitrogens with zero attached hydrogens (tertiary/aromatic N) is 3. The molecule has 1 aliphatic carbocycles. The quantitative estimate of drug-likeness (QED) is 0.849. The monoisotopic (exact) mass is 342 g/mol. The lowest BCUT2D eigenvalue weighted by Crippen LogP contribution is -2.36. The highest BCUT2D eigenvalue weighted by molar-refractivity contribution is 5.83. The van der Waals surface area contributed by atoms with Gasteiger partial charge < -0.3 is 9.88 Å². The Morgan fingerprint density at radius 1 is 1.40 bits per heavy atom. The van der Waals surface area contributed by atoms with Crippen molar-refractivity contribution in [1.82, 2.24) is 19.7 Å². The Morgan fingerprint density at radius 3 is 2.92 bits per heavy atom. The Balaban J connectivity index is 1.70. The van der Waals surface area contributed by atoms with Crippen LogP contribution < -0.4 is 10.9 Å². The van der Waals surface area contributed by atoms with E-state index < -0.39 is 6.04 Å². The molecule has 0 unspecified atom stereocenters. The molecule has 0 radical (unpaired) electrons. The topological polar surface area (TPSA) is 68.9 Å². The number of allylic oxidation sites excluding steroid dienone is 1. The fourth-order valence-electron chi connectivity index (χ4n) is 3.53. The lowest BCUT2D eigenvalue weighted by atomic mass is 9.97. The summed E-state index contributed by atoms with van der Waals surface area (Å²) in [6, 6.07) is 1.31. The van der Waals surface area contributed by atoms with E-state index >= 15 is 0 Å². The molecular weight excluding hydrogens is 316 g/mol. The predicted octanol–water partition coefficient (Wildman–Crippen LogP) is 2.61. The largest absolute Gasteiger partial charge is 0.354 e. The van der Waals surface area contributed by atoms with Gasteiger partial charge in [0.05, 0.1) is 5.69 Å². The molecule has 3 rings (SSSR count). The highest BCUT2D eigenvalue weighted by atomic mass is 16.2. The fraction of sp³-hybridized carbons (Fsp3) is 0.526. The Morgan fingerprint density at radius 2 is 2.20 bits per heavy atom. The number of rotatable bonds is 5. The van der Waals surface area contributed by atoms with Crippen molar-refractivity contribution in [3.05, 3.63) is 40.0 Å². The number of amides is 1. The molecule has 0 bridgehead atoms. The van der Waals surface area contributed by atoms with Crippen LogP contribution in [0.2, 0.25) is 0 Å². The molecule has 6 nitrogen and oxygen atoms in total. The number of nitrogens with one attached hydrogen (secondary N) is 1. The zero-order valence-corrected chi connectivity index (χ0v) is 15.2. The van der Waals surface area contributed by atoms with E-state index in [9.17, 15) is 9.59 Å². The Bertz CT molecular complexity index is 875. The lowest BCUT2D eigenvalue weighted by Gasteiger charge is -2.17. The first-order chi connectivity index (χ1) is 12.0. The van der Waals surface area contributed by atoms with Crippen molar-refractivity contribution >= 4 is 16.8 Å². The van der Waals surface area contributed by atoms with Crippen molar-refractivity contribution in [3.63, 3.8) is 0 Å². The lowest BCUT2D eigenvalue weighted by molar-refractivity contribution is -0.123. The molecule has 2 aromatic rings. The Kier molecular flexibility index (Phi) is 5.06. The fourth-order valence-corrected chi connectivity index (χ4v) is 3.53. The molecule has 25 heavy (non-hydrogen) atoms. The van der Waals surface area contributed by atoms with Crippen LogP contribution in [-0.4, -0.2) is 26.8 Å². The van der Waals surface area contributed by atoms with Gasteiger partial charge in [0.2, 0.25) is 5.91 Å². The number of pyridine rings is 1. The van der Waals surface area contributed by atoms with Crippen LogP contribution in [0.15, 0.2) is 28.7 Å². The summed E-state index contributed by atoms with van der Waals surface area (Å²) >= 11 is 0. The number of hydrogen-bond acceptors (Lipinski definition) is 3. The van der Waals surface area contributed by atoms with Crippen LogP contribution in [0.3, 0.4) is 0 Å². The highest BCUT2D eigenvalue weighted by Crippen LogP contribution is 2.19. The molecule has 0 aromatic carbocycles. The summed E-state index contributed by atoms with van der Waals surface area (Å²) in [6.07, 6.45) is 9.69. The first-order valence-electron chi connectivity index (χ1n) is 8.99. The smallest absolute Gasteiger partial charge is 0.277 e. The zero-order chi connectivity index (χ0) is 18.0. The summed E-state index contributed by atoms with van der Waals surface area (Å²) in [5.74, 6) is -0.128. The van der Waals surface area contributed by atoms with E-state index in [4.69, 9.17) is 0 Å². The number of hydrogen-bond donors (Lipinski definition) is 1. The van der Waals surface area contributed by atoms with E-state index in [0.717, 1.165) is 30.3 Å². The molecule has 0 saturated carbocycles. The summed E-state index contributed by atoms with van der Waals surface area (Å²) in [6.45, 7) is 4.25. The van der Waals surface area contributed by atoms with E-state index in [-0.39, 0.29) is 11.5 Å². The summed E-state index contributed by atoms with van der Waals surface area (Å²) < 4.78 is 3.07. The second kappa shape index (κ2) is 7.25.